The van der Waals surface area contributed by atoms with Crippen molar-refractivity contribution in [3.63, 3.8) is 0 Å². The minimum atomic E-state index is -3.63. The van der Waals surface area contributed by atoms with E-state index in [0.29, 0.717) is 6.54 Å². The van der Waals surface area contributed by atoms with Crippen molar-refractivity contribution in [2.75, 3.05) is 25.9 Å². The number of hydrogen-bond acceptors (Lipinski definition) is 5. The van der Waals surface area contributed by atoms with Gasteiger partial charge in [0.2, 0.25) is 10.0 Å². The number of hydrogen-bond donors (Lipinski definition) is 2. The largest absolute Gasteiger partial charge is 0.317 e. The maximum absolute atomic E-state index is 12.3. The monoisotopic (exact) mass is 382 g/mol. The predicted molar refractivity (Wildman–Crippen MR) is 92.2 cm³/mol. The smallest absolute Gasteiger partial charge is 0.240 e. The molecule has 2 N–H and O–H groups in total. The van der Waals surface area contributed by atoms with E-state index in [4.69, 9.17) is 0 Å². The van der Waals surface area contributed by atoms with Crippen LogP contribution in [0.1, 0.15) is 19.8 Å². The van der Waals surface area contributed by atoms with Crippen LogP contribution in [0.5, 0.6) is 0 Å². The predicted octanol–water partition coefficient (Wildman–Crippen LogP) is 1.18. The standard InChI is InChI=1S/C14H22N2O4S2.ClH/c1-14(7-9-15-10-8-14)11-16-22(19,20)13-5-3-12(4-6-13)21(2,17)18;/h3-6,15-16H,7-11H2,1-2H3;1H. The van der Waals surface area contributed by atoms with Crippen molar-refractivity contribution in [2.24, 2.45) is 5.41 Å². The topological polar surface area (TPSA) is 92.3 Å². The van der Waals surface area contributed by atoms with Crippen LogP contribution in [0.4, 0.5) is 0 Å². The highest BCUT2D eigenvalue weighted by Crippen LogP contribution is 2.27. The molecule has 1 aliphatic rings. The molecule has 0 radical (unpaired) electrons. The number of nitrogens with one attached hydrogen (secondary N) is 2. The molecule has 1 aliphatic heterocycles. The minimum Gasteiger partial charge on any atom is -0.317 e. The van der Waals surface area contributed by atoms with Crippen LogP contribution in [0.25, 0.3) is 0 Å². The van der Waals surface area contributed by atoms with E-state index in [-0.39, 0.29) is 27.6 Å². The molecule has 0 aliphatic carbocycles. The van der Waals surface area contributed by atoms with E-state index in [0.717, 1.165) is 32.2 Å². The first-order chi connectivity index (χ1) is 10.1. The van der Waals surface area contributed by atoms with Gasteiger partial charge < -0.3 is 5.32 Å². The van der Waals surface area contributed by atoms with Crippen LogP contribution in [0, 0.1) is 5.41 Å². The second kappa shape index (κ2) is 7.48. The molecule has 0 unspecified atom stereocenters. The Morgan fingerprint density at radius 3 is 2.00 bits per heavy atom. The van der Waals surface area contributed by atoms with Crippen LogP contribution in [0.2, 0.25) is 0 Å². The first-order valence-corrected chi connectivity index (χ1v) is 10.5. The molecule has 1 fully saturated rings. The molecule has 1 heterocycles. The fourth-order valence-electron chi connectivity index (χ4n) is 2.43. The van der Waals surface area contributed by atoms with Crippen LogP contribution in [0.15, 0.2) is 34.1 Å². The molecule has 0 bridgehead atoms. The van der Waals surface area contributed by atoms with Crippen molar-refractivity contribution in [3.8, 4) is 0 Å². The van der Waals surface area contributed by atoms with Crippen LogP contribution >= 0.6 is 12.4 Å². The highest BCUT2D eigenvalue weighted by Gasteiger charge is 2.28. The quantitative estimate of drug-likeness (QED) is 0.797. The number of piperidine rings is 1. The van der Waals surface area contributed by atoms with E-state index in [9.17, 15) is 16.8 Å². The highest BCUT2D eigenvalue weighted by molar-refractivity contribution is 7.90. The zero-order valence-corrected chi connectivity index (χ0v) is 15.7. The van der Waals surface area contributed by atoms with E-state index in [2.05, 4.69) is 17.0 Å². The number of sulfonamides is 1. The average Bonchev–Trinajstić information content (AvgIpc) is 2.46. The third-order valence-electron chi connectivity index (χ3n) is 4.06. The van der Waals surface area contributed by atoms with Gasteiger partial charge in [0.15, 0.2) is 9.84 Å². The van der Waals surface area contributed by atoms with Crippen LogP contribution in [-0.4, -0.2) is 42.7 Å². The highest BCUT2D eigenvalue weighted by atomic mass is 35.5. The summed E-state index contributed by atoms with van der Waals surface area (Å²) in [7, 11) is -6.95. The summed E-state index contributed by atoms with van der Waals surface area (Å²) in [5.41, 5.74) is -0.0506. The Morgan fingerprint density at radius 2 is 1.52 bits per heavy atom. The van der Waals surface area contributed by atoms with Gasteiger partial charge in [-0.25, -0.2) is 21.6 Å². The second-order valence-electron chi connectivity index (χ2n) is 6.13. The maximum atomic E-state index is 12.3. The molecule has 1 saturated heterocycles. The lowest BCUT2D eigenvalue weighted by Crippen LogP contribution is -2.42. The fourth-order valence-corrected chi connectivity index (χ4v) is 4.26. The van der Waals surface area contributed by atoms with Gasteiger partial charge in [0.1, 0.15) is 0 Å². The Bertz CT molecular complexity index is 725. The van der Waals surface area contributed by atoms with Gasteiger partial charge in [-0.1, -0.05) is 6.92 Å². The number of halogens is 1. The molecular formula is C14H23ClN2O4S2. The van der Waals surface area contributed by atoms with E-state index >= 15 is 0 Å². The summed E-state index contributed by atoms with van der Waals surface area (Å²) in [6, 6.07) is 5.28. The Labute approximate surface area is 144 Å². The van der Waals surface area contributed by atoms with Gasteiger partial charge in [0.05, 0.1) is 9.79 Å². The number of benzene rings is 1. The Kier molecular flexibility index (Phi) is 6.63. The summed E-state index contributed by atoms with van der Waals surface area (Å²) in [5, 5.41) is 3.25. The first-order valence-electron chi connectivity index (χ1n) is 7.13. The molecule has 9 heteroatoms. The van der Waals surface area contributed by atoms with Crippen molar-refractivity contribution in [3.05, 3.63) is 24.3 Å². The van der Waals surface area contributed by atoms with Gasteiger partial charge >= 0.3 is 0 Å². The van der Waals surface area contributed by atoms with Crippen molar-refractivity contribution in [1.29, 1.82) is 0 Å². The molecule has 0 aromatic heterocycles. The zero-order chi connectivity index (χ0) is 16.4. The lowest BCUT2D eigenvalue weighted by Gasteiger charge is -2.34. The summed E-state index contributed by atoms with van der Waals surface area (Å²) in [6.45, 7) is 4.23. The first kappa shape index (κ1) is 20.4. The fraction of sp³-hybridized carbons (Fsp3) is 0.571. The molecule has 0 saturated carbocycles. The van der Waals surface area contributed by atoms with Crippen molar-refractivity contribution >= 4 is 32.3 Å². The molecular weight excluding hydrogens is 360 g/mol. The van der Waals surface area contributed by atoms with Gasteiger partial charge in [-0.05, 0) is 55.6 Å². The molecule has 132 valence electrons. The number of rotatable bonds is 5. The Hall–Kier alpha value is -0.670. The summed E-state index contributed by atoms with van der Waals surface area (Å²) >= 11 is 0. The third kappa shape index (κ3) is 5.42. The molecule has 1 aromatic carbocycles. The van der Waals surface area contributed by atoms with E-state index in [1.807, 2.05) is 0 Å². The van der Waals surface area contributed by atoms with Gasteiger partial charge in [-0.3, -0.25) is 0 Å². The van der Waals surface area contributed by atoms with Crippen molar-refractivity contribution < 1.29 is 16.8 Å². The molecule has 2 rings (SSSR count). The van der Waals surface area contributed by atoms with Crippen molar-refractivity contribution in [1.82, 2.24) is 10.0 Å². The third-order valence-corrected chi connectivity index (χ3v) is 6.61. The van der Waals surface area contributed by atoms with E-state index in [1.165, 1.54) is 24.3 Å². The zero-order valence-electron chi connectivity index (χ0n) is 13.2. The number of sulfone groups is 1. The maximum Gasteiger partial charge on any atom is 0.240 e. The minimum absolute atomic E-state index is 0. The van der Waals surface area contributed by atoms with Crippen LogP contribution < -0.4 is 10.0 Å². The molecule has 6 nitrogen and oxygen atoms in total. The Morgan fingerprint density at radius 1 is 1.04 bits per heavy atom. The second-order valence-corrected chi connectivity index (χ2v) is 9.91. The molecule has 0 spiro atoms. The van der Waals surface area contributed by atoms with Gasteiger partial charge in [0, 0.05) is 12.8 Å². The van der Waals surface area contributed by atoms with Crippen LogP contribution in [0.3, 0.4) is 0 Å². The molecule has 0 atom stereocenters. The SMILES string of the molecule is CC1(CNS(=O)(=O)c2ccc(S(C)(=O)=O)cc2)CCNCC1.Cl. The summed E-state index contributed by atoms with van der Waals surface area (Å²) in [6.07, 6.45) is 2.93. The molecule has 0 amide bonds. The average molecular weight is 383 g/mol. The lowest BCUT2D eigenvalue weighted by atomic mass is 9.81. The van der Waals surface area contributed by atoms with E-state index in [1.54, 1.807) is 0 Å². The van der Waals surface area contributed by atoms with Gasteiger partial charge in [0.25, 0.3) is 0 Å². The summed E-state index contributed by atoms with van der Waals surface area (Å²) in [5.74, 6) is 0. The molecule has 1 aromatic rings. The van der Waals surface area contributed by atoms with Gasteiger partial charge in [-0.15, -0.1) is 12.4 Å². The normalized spacial score (nSPS) is 18.2. The summed E-state index contributed by atoms with van der Waals surface area (Å²) < 4.78 is 50.0. The summed E-state index contributed by atoms with van der Waals surface area (Å²) in [4.78, 5) is 0.189. The van der Waals surface area contributed by atoms with Crippen molar-refractivity contribution in [2.45, 2.75) is 29.6 Å². The lowest BCUT2D eigenvalue weighted by molar-refractivity contribution is 0.232. The van der Waals surface area contributed by atoms with E-state index < -0.39 is 19.9 Å². The van der Waals surface area contributed by atoms with Crippen LogP contribution in [-0.2, 0) is 19.9 Å². The van der Waals surface area contributed by atoms with Gasteiger partial charge in [-0.2, -0.15) is 0 Å². The molecule has 23 heavy (non-hydrogen) atoms. The Balaban J connectivity index is 0.00000264.